The van der Waals surface area contributed by atoms with Gasteiger partial charge in [0, 0.05) is 57.0 Å². The minimum Gasteiger partial charge on any atom is -0.493 e. The first-order valence-electron chi connectivity index (χ1n) is 10.5. The van der Waals surface area contributed by atoms with E-state index in [4.69, 9.17) is 14.5 Å². The van der Waals surface area contributed by atoms with E-state index in [1.54, 1.807) is 25.6 Å². The maximum atomic E-state index is 12.3. The predicted molar refractivity (Wildman–Crippen MR) is 127 cm³/mol. The molecule has 0 radical (unpaired) electrons. The average molecular weight is 472 g/mol. The van der Waals surface area contributed by atoms with E-state index in [0.717, 1.165) is 48.1 Å². The van der Waals surface area contributed by atoms with Gasteiger partial charge in [-0.05, 0) is 24.3 Å². The summed E-state index contributed by atoms with van der Waals surface area (Å²) in [5.41, 5.74) is 1.19. The Morgan fingerprint density at radius 3 is 2.48 bits per heavy atom. The van der Waals surface area contributed by atoms with Crippen molar-refractivity contribution in [1.82, 2.24) is 15.2 Å². The summed E-state index contributed by atoms with van der Waals surface area (Å²) in [7, 11) is 3.24. The lowest BCUT2D eigenvalue weighted by Gasteiger charge is -2.34. The number of thiazole rings is 1. The lowest BCUT2D eigenvalue weighted by molar-refractivity contribution is -0.384. The van der Waals surface area contributed by atoms with Crippen molar-refractivity contribution in [2.75, 3.05) is 58.4 Å². The summed E-state index contributed by atoms with van der Waals surface area (Å²) in [6.07, 6.45) is 0. The molecule has 0 spiro atoms. The number of non-ortho nitro benzene ring substituents is 1. The van der Waals surface area contributed by atoms with Crippen molar-refractivity contribution >= 4 is 38.3 Å². The lowest BCUT2D eigenvalue weighted by Crippen LogP contribution is -2.48. The molecule has 1 aliphatic heterocycles. The second-order valence-corrected chi connectivity index (χ2v) is 8.54. The topological polar surface area (TPSA) is 110 Å². The van der Waals surface area contributed by atoms with Gasteiger partial charge in [-0.2, -0.15) is 0 Å². The third-order valence-electron chi connectivity index (χ3n) is 5.59. The molecule has 1 N–H and O–H groups in total. The first-order valence-corrected chi connectivity index (χ1v) is 11.3. The molecule has 2 aromatic carbocycles. The van der Waals surface area contributed by atoms with Gasteiger partial charge >= 0.3 is 0 Å². The molecule has 1 aromatic heterocycles. The summed E-state index contributed by atoms with van der Waals surface area (Å²) in [4.78, 5) is 31.9. The Kier molecular flexibility index (Phi) is 6.90. The van der Waals surface area contributed by atoms with Gasteiger partial charge in [0.15, 0.2) is 16.6 Å². The van der Waals surface area contributed by atoms with Crippen molar-refractivity contribution in [3.05, 3.63) is 52.1 Å². The highest BCUT2D eigenvalue weighted by atomic mass is 32.1. The Bertz CT molecular complexity index is 1140. The van der Waals surface area contributed by atoms with Gasteiger partial charge in [0.05, 0.1) is 23.8 Å². The Labute approximate surface area is 194 Å². The van der Waals surface area contributed by atoms with E-state index in [-0.39, 0.29) is 11.6 Å². The monoisotopic (exact) mass is 471 g/mol. The number of fused-ring (bicyclic) bond motifs is 1. The van der Waals surface area contributed by atoms with Crippen LogP contribution in [-0.2, 0) is 0 Å². The lowest BCUT2D eigenvalue weighted by atomic mass is 10.2. The second kappa shape index (κ2) is 10.0. The molecule has 4 rings (SSSR count). The number of anilines is 1. The van der Waals surface area contributed by atoms with Gasteiger partial charge in [-0.1, -0.05) is 11.3 Å². The number of hydrogen-bond donors (Lipinski definition) is 1. The van der Waals surface area contributed by atoms with Crippen LogP contribution in [0.5, 0.6) is 11.5 Å². The Hall–Kier alpha value is -3.44. The molecule has 0 aliphatic carbocycles. The van der Waals surface area contributed by atoms with Crippen LogP contribution in [0.3, 0.4) is 0 Å². The number of hydrogen-bond acceptors (Lipinski definition) is 9. The largest absolute Gasteiger partial charge is 0.493 e. The molecular weight excluding hydrogens is 446 g/mol. The fourth-order valence-electron chi connectivity index (χ4n) is 3.76. The summed E-state index contributed by atoms with van der Waals surface area (Å²) < 4.78 is 11.9. The maximum Gasteiger partial charge on any atom is 0.269 e. The van der Waals surface area contributed by atoms with Crippen LogP contribution in [0.15, 0.2) is 36.4 Å². The minimum atomic E-state index is -0.483. The number of nitrogens with one attached hydrogen (secondary N) is 1. The number of aromatic nitrogens is 1. The Morgan fingerprint density at radius 1 is 1.12 bits per heavy atom. The van der Waals surface area contributed by atoms with Crippen LogP contribution in [0.25, 0.3) is 10.2 Å². The summed E-state index contributed by atoms with van der Waals surface area (Å²) in [5, 5.41) is 14.6. The van der Waals surface area contributed by atoms with E-state index < -0.39 is 4.92 Å². The van der Waals surface area contributed by atoms with Gasteiger partial charge < -0.3 is 19.7 Å². The number of ether oxygens (including phenoxy) is 2. The zero-order valence-corrected chi connectivity index (χ0v) is 19.3. The average Bonchev–Trinajstić information content (AvgIpc) is 3.28. The molecule has 174 valence electrons. The first-order chi connectivity index (χ1) is 16.0. The molecule has 1 fully saturated rings. The number of amides is 1. The molecule has 11 heteroatoms. The number of methoxy groups -OCH3 is 2. The fourth-order valence-corrected chi connectivity index (χ4v) is 4.78. The third-order valence-corrected chi connectivity index (χ3v) is 6.67. The molecule has 1 aliphatic rings. The van der Waals surface area contributed by atoms with Crippen LogP contribution < -0.4 is 19.7 Å². The molecule has 33 heavy (non-hydrogen) atoms. The van der Waals surface area contributed by atoms with Crippen LogP contribution in [-0.4, -0.2) is 74.2 Å². The molecule has 0 bridgehead atoms. The molecule has 0 atom stereocenters. The summed E-state index contributed by atoms with van der Waals surface area (Å²) in [6.45, 7) is 4.66. The van der Waals surface area contributed by atoms with Gasteiger partial charge in [0.25, 0.3) is 11.6 Å². The zero-order chi connectivity index (χ0) is 23.4. The predicted octanol–water partition coefficient (Wildman–Crippen LogP) is 2.77. The number of carbonyl (C=O) groups excluding carboxylic acids is 1. The SMILES string of the molecule is COc1ccc2sc(N3CCN(CCNC(=O)c4ccc([N+](=O)[O-])cc4)CC3)nc2c1OC. The summed E-state index contributed by atoms with van der Waals surface area (Å²) in [6, 6.07) is 9.50. The van der Waals surface area contributed by atoms with Crippen molar-refractivity contribution in [3.63, 3.8) is 0 Å². The first kappa shape index (κ1) is 22.7. The van der Waals surface area contributed by atoms with Crippen molar-refractivity contribution in [2.45, 2.75) is 0 Å². The number of benzene rings is 2. The number of rotatable bonds is 8. The van der Waals surface area contributed by atoms with Crippen molar-refractivity contribution in [3.8, 4) is 11.5 Å². The molecule has 10 nitrogen and oxygen atoms in total. The quantitative estimate of drug-likeness (QED) is 0.395. The van der Waals surface area contributed by atoms with Gasteiger partial charge in [0.1, 0.15) is 5.52 Å². The van der Waals surface area contributed by atoms with E-state index in [1.165, 1.54) is 24.3 Å². The Morgan fingerprint density at radius 2 is 1.85 bits per heavy atom. The molecule has 3 aromatic rings. The summed E-state index contributed by atoms with van der Waals surface area (Å²) >= 11 is 1.64. The van der Waals surface area contributed by atoms with E-state index in [1.807, 2.05) is 12.1 Å². The Balaban J connectivity index is 1.28. The van der Waals surface area contributed by atoms with E-state index >= 15 is 0 Å². The second-order valence-electron chi connectivity index (χ2n) is 7.53. The number of nitrogens with zero attached hydrogens (tertiary/aromatic N) is 4. The smallest absolute Gasteiger partial charge is 0.269 e. The van der Waals surface area contributed by atoms with Crippen molar-refractivity contribution in [1.29, 1.82) is 0 Å². The molecule has 1 saturated heterocycles. The molecular formula is C22H25N5O5S. The zero-order valence-electron chi connectivity index (χ0n) is 18.4. The van der Waals surface area contributed by atoms with Crippen molar-refractivity contribution < 1.29 is 19.2 Å². The van der Waals surface area contributed by atoms with Gasteiger partial charge in [-0.25, -0.2) is 4.98 Å². The van der Waals surface area contributed by atoms with Gasteiger partial charge in [-0.15, -0.1) is 0 Å². The van der Waals surface area contributed by atoms with Crippen LogP contribution >= 0.6 is 11.3 Å². The fraction of sp³-hybridized carbons (Fsp3) is 0.364. The van der Waals surface area contributed by atoms with Crippen LogP contribution in [0, 0.1) is 10.1 Å². The molecule has 1 amide bonds. The maximum absolute atomic E-state index is 12.3. The molecule has 0 unspecified atom stereocenters. The van der Waals surface area contributed by atoms with Crippen LogP contribution in [0.4, 0.5) is 10.8 Å². The normalized spacial score (nSPS) is 14.3. The molecule has 2 heterocycles. The standard InChI is InChI=1S/C22H25N5O5S/c1-31-17-7-8-18-19(20(17)32-2)24-22(33-18)26-13-11-25(12-14-26)10-9-23-21(28)15-3-5-16(6-4-15)27(29)30/h3-8H,9-14H2,1-2H3,(H,23,28). The van der Waals surface area contributed by atoms with E-state index in [2.05, 4.69) is 15.1 Å². The van der Waals surface area contributed by atoms with Crippen molar-refractivity contribution in [2.24, 2.45) is 0 Å². The minimum absolute atomic E-state index is 0.0323. The van der Waals surface area contributed by atoms with E-state index in [0.29, 0.717) is 23.6 Å². The van der Waals surface area contributed by atoms with Crippen LogP contribution in [0.2, 0.25) is 0 Å². The number of piperazine rings is 1. The van der Waals surface area contributed by atoms with Gasteiger partial charge in [-0.3, -0.25) is 19.8 Å². The highest BCUT2D eigenvalue weighted by Gasteiger charge is 2.22. The molecule has 0 saturated carbocycles. The summed E-state index contributed by atoms with van der Waals surface area (Å²) in [5.74, 6) is 1.09. The van der Waals surface area contributed by atoms with Gasteiger partial charge in [0.2, 0.25) is 0 Å². The number of carbonyl (C=O) groups is 1. The number of nitro groups is 1. The van der Waals surface area contributed by atoms with E-state index in [9.17, 15) is 14.9 Å². The van der Waals surface area contributed by atoms with Crippen LogP contribution in [0.1, 0.15) is 10.4 Å². The number of nitro benzene ring substituents is 1. The highest BCUT2D eigenvalue weighted by Crippen LogP contribution is 2.40. The third kappa shape index (κ3) is 4.99. The highest BCUT2D eigenvalue weighted by molar-refractivity contribution is 7.22.